The van der Waals surface area contributed by atoms with Gasteiger partial charge in [-0.1, -0.05) is 37.9 Å². The van der Waals surface area contributed by atoms with Gasteiger partial charge in [-0.05, 0) is 42.9 Å². The van der Waals surface area contributed by atoms with Crippen LogP contribution in [0.5, 0.6) is 0 Å². The van der Waals surface area contributed by atoms with Gasteiger partial charge < -0.3 is 25.4 Å². The van der Waals surface area contributed by atoms with Crippen LogP contribution in [0.1, 0.15) is 51.1 Å². The Hall–Kier alpha value is -2.64. The van der Waals surface area contributed by atoms with E-state index in [0.29, 0.717) is 39.6 Å². The smallest absolute Gasteiger partial charge is 0.358 e. The summed E-state index contributed by atoms with van der Waals surface area (Å²) in [6.45, 7) is 3.08. The fourth-order valence-electron chi connectivity index (χ4n) is 5.39. The number of thioether (sulfide) groups is 2. The number of nitrogen functional groups attached to an aromatic ring is 1. The lowest BCUT2D eigenvalue weighted by Gasteiger charge is -2.49. The Kier molecular flexibility index (Phi) is 15.2. The van der Waals surface area contributed by atoms with Crippen LogP contribution >= 0.6 is 59.7 Å². The van der Waals surface area contributed by atoms with E-state index < -0.39 is 29.6 Å². The number of fused-ring (bicyclic) bond motifs is 1. The van der Waals surface area contributed by atoms with Crippen LogP contribution in [0, 0.1) is 5.92 Å². The van der Waals surface area contributed by atoms with Gasteiger partial charge in [0.15, 0.2) is 5.13 Å². The zero-order valence-electron chi connectivity index (χ0n) is 26.9. The fraction of sp³-hybridized carbons (Fsp3) is 0.643. The number of aromatic nitrogens is 5. The molecule has 266 valence electrons. The zero-order chi connectivity index (χ0) is 32.8. The first-order valence-electron chi connectivity index (χ1n) is 15.3. The molecule has 3 aliphatic rings. The van der Waals surface area contributed by atoms with E-state index in [1.807, 2.05) is 19.0 Å². The molecular weight excluding hydrogens is 725 g/mol. The molecule has 2 amide bonds. The predicted molar refractivity (Wildman–Crippen MR) is 187 cm³/mol. The van der Waals surface area contributed by atoms with Crippen LogP contribution in [0.15, 0.2) is 21.8 Å². The SMILES string of the molecule is CCC(OC(=O)C1=C(CSc2nnnn2CCN(C)C)CS[C@H]2[C@H](NC(=O)Cc3csc(N)n3)C(=O)N12)OC(=O)C1CCCCC1.Cl.Cl. The Morgan fingerprint density at radius 1 is 1.19 bits per heavy atom. The summed E-state index contributed by atoms with van der Waals surface area (Å²) in [6.07, 6.45) is 3.69. The first-order chi connectivity index (χ1) is 22.1. The first-order valence-corrected chi connectivity index (χ1v) is 18.2. The highest BCUT2D eigenvalue weighted by Crippen LogP contribution is 2.42. The number of nitrogens with two attached hydrogens (primary N) is 1. The van der Waals surface area contributed by atoms with Gasteiger partial charge in [0.2, 0.25) is 17.4 Å². The standard InChI is InChI=1S/C28H39N9O6S3.2ClH/c1-4-20(42-25(40)16-8-6-5-7-9-16)43-26(41)22-17(14-46-28-32-33-34-36(28)11-10-35(2)3)13-44-24-21(23(39)37(22)24)31-19(38)12-18-15-45-27(29)30-18;;/h15-16,20-21,24H,4-14H2,1-3H3,(H2,29,30)(H,31,38);2*1H/t20?,21-,24+;;/m1../s1. The third-order valence-electron chi connectivity index (χ3n) is 7.86. The van der Waals surface area contributed by atoms with E-state index in [1.54, 1.807) is 17.0 Å². The minimum Gasteiger partial charge on any atom is -0.425 e. The van der Waals surface area contributed by atoms with Gasteiger partial charge in [0, 0.05) is 29.9 Å². The van der Waals surface area contributed by atoms with E-state index in [0.717, 1.165) is 38.6 Å². The molecule has 4 heterocycles. The summed E-state index contributed by atoms with van der Waals surface area (Å²) in [4.78, 5) is 60.4. The van der Waals surface area contributed by atoms with Crippen molar-refractivity contribution in [2.24, 2.45) is 5.92 Å². The molecule has 20 heteroatoms. The van der Waals surface area contributed by atoms with Crippen molar-refractivity contribution < 1.29 is 28.7 Å². The second-order valence-corrected chi connectivity index (χ2v) is 14.5. The quantitative estimate of drug-likeness (QED) is 0.124. The highest BCUT2D eigenvalue weighted by atomic mass is 35.5. The van der Waals surface area contributed by atoms with Gasteiger partial charge in [-0.15, -0.1) is 53.0 Å². The molecule has 5 rings (SSSR count). The summed E-state index contributed by atoms with van der Waals surface area (Å²) in [5, 5.41) is 16.9. The van der Waals surface area contributed by atoms with Crippen LogP contribution in [-0.2, 0) is 41.6 Å². The molecule has 0 radical (unpaired) electrons. The number of ether oxygens (including phenoxy) is 2. The number of carbonyl (C=O) groups excluding carboxylic acids is 4. The Morgan fingerprint density at radius 3 is 2.60 bits per heavy atom. The van der Waals surface area contributed by atoms with Gasteiger partial charge in [0.1, 0.15) is 17.1 Å². The van der Waals surface area contributed by atoms with Crippen molar-refractivity contribution in [1.82, 2.24) is 40.3 Å². The van der Waals surface area contributed by atoms with Crippen molar-refractivity contribution in [2.75, 3.05) is 37.9 Å². The number of β-lactam (4-membered cyclic amide) rings is 1. The summed E-state index contributed by atoms with van der Waals surface area (Å²) in [7, 11) is 3.92. The van der Waals surface area contributed by atoms with Crippen LogP contribution in [-0.4, -0.2) is 109 Å². The van der Waals surface area contributed by atoms with Crippen molar-refractivity contribution in [3.8, 4) is 0 Å². The van der Waals surface area contributed by atoms with Crippen molar-refractivity contribution in [3.63, 3.8) is 0 Å². The normalized spacial score (nSPS) is 19.8. The fourth-order valence-corrected chi connectivity index (χ4v) is 8.34. The Balaban J connectivity index is 0.00000312. The third kappa shape index (κ3) is 9.74. The molecule has 48 heavy (non-hydrogen) atoms. The number of likely N-dealkylation sites (N-methyl/N-ethyl adjacent to an activating group) is 1. The highest BCUT2D eigenvalue weighted by Gasteiger charge is 2.54. The Morgan fingerprint density at radius 2 is 1.94 bits per heavy atom. The molecule has 3 N–H and O–H groups in total. The second kappa shape index (κ2) is 18.4. The number of rotatable bonds is 14. The molecule has 2 aromatic rings. The number of thiazole rings is 1. The summed E-state index contributed by atoms with van der Waals surface area (Å²) in [5.41, 5.74) is 6.95. The van der Waals surface area contributed by atoms with E-state index in [9.17, 15) is 19.2 Å². The predicted octanol–water partition coefficient (Wildman–Crippen LogP) is 2.51. The van der Waals surface area contributed by atoms with Crippen LogP contribution < -0.4 is 11.1 Å². The number of nitrogens with one attached hydrogen (secondary N) is 1. The van der Waals surface area contributed by atoms with Gasteiger partial charge in [-0.3, -0.25) is 19.3 Å². The minimum atomic E-state index is -1.09. The molecule has 1 unspecified atom stereocenters. The third-order valence-corrected chi connectivity index (χ3v) is 11.0. The molecular formula is C28H41Cl2N9O6S3. The van der Waals surface area contributed by atoms with Gasteiger partial charge >= 0.3 is 11.9 Å². The number of halogens is 2. The average molecular weight is 767 g/mol. The van der Waals surface area contributed by atoms with Crippen molar-refractivity contribution in [1.29, 1.82) is 0 Å². The number of nitrogens with zero attached hydrogens (tertiary/aromatic N) is 7. The Bertz CT molecular complexity index is 1470. The van der Waals surface area contributed by atoms with E-state index >= 15 is 0 Å². The minimum absolute atomic E-state index is 0. The van der Waals surface area contributed by atoms with Gasteiger partial charge in [0.25, 0.3) is 5.91 Å². The van der Waals surface area contributed by atoms with Crippen LogP contribution in [0.4, 0.5) is 5.13 Å². The van der Waals surface area contributed by atoms with Crippen molar-refractivity contribution in [3.05, 3.63) is 22.3 Å². The van der Waals surface area contributed by atoms with Gasteiger partial charge in [-0.2, -0.15) is 0 Å². The molecule has 3 atom stereocenters. The number of anilines is 1. The molecule has 15 nitrogen and oxygen atoms in total. The molecule has 0 bridgehead atoms. The van der Waals surface area contributed by atoms with Gasteiger partial charge in [-0.25, -0.2) is 14.5 Å². The second-order valence-electron chi connectivity index (χ2n) is 11.6. The summed E-state index contributed by atoms with van der Waals surface area (Å²) in [5.74, 6) is -1.41. The summed E-state index contributed by atoms with van der Waals surface area (Å²) < 4.78 is 13.1. The topological polar surface area (TPSA) is 188 Å². The number of carbonyl (C=O) groups is 4. The molecule has 0 aromatic carbocycles. The number of esters is 2. The lowest BCUT2D eigenvalue weighted by molar-refractivity contribution is -0.191. The number of tetrazole rings is 1. The molecule has 2 fully saturated rings. The highest BCUT2D eigenvalue weighted by molar-refractivity contribution is 8.01. The molecule has 2 aromatic heterocycles. The Labute approximate surface area is 303 Å². The van der Waals surface area contributed by atoms with Crippen LogP contribution in [0.2, 0.25) is 0 Å². The van der Waals surface area contributed by atoms with Gasteiger partial charge in [0.05, 0.1) is 24.6 Å². The average Bonchev–Trinajstić information content (AvgIpc) is 3.68. The maximum absolute atomic E-state index is 13.8. The lowest BCUT2D eigenvalue weighted by Crippen LogP contribution is -2.70. The molecule has 2 aliphatic heterocycles. The lowest BCUT2D eigenvalue weighted by atomic mass is 9.89. The largest absolute Gasteiger partial charge is 0.425 e. The zero-order valence-corrected chi connectivity index (χ0v) is 30.9. The van der Waals surface area contributed by atoms with E-state index in [-0.39, 0.29) is 61.1 Å². The first kappa shape index (κ1) is 39.8. The van der Waals surface area contributed by atoms with E-state index in [2.05, 4.69) is 25.8 Å². The molecule has 0 spiro atoms. The molecule has 1 saturated heterocycles. The molecule has 1 saturated carbocycles. The van der Waals surface area contributed by atoms with E-state index in [1.165, 1.54) is 39.8 Å². The van der Waals surface area contributed by atoms with Crippen LogP contribution in [0.25, 0.3) is 0 Å². The van der Waals surface area contributed by atoms with E-state index in [4.69, 9.17) is 15.2 Å². The summed E-state index contributed by atoms with van der Waals surface area (Å²) >= 11 is 4.03. The van der Waals surface area contributed by atoms with Crippen molar-refractivity contribution >= 4 is 88.6 Å². The monoisotopic (exact) mass is 765 g/mol. The van der Waals surface area contributed by atoms with Crippen LogP contribution in [0.3, 0.4) is 0 Å². The number of amides is 2. The van der Waals surface area contributed by atoms with Crippen molar-refractivity contribution in [2.45, 2.75) is 81.3 Å². The summed E-state index contributed by atoms with van der Waals surface area (Å²) in [6, 6.07) is -0.824. The maximum Gasteiger partial charge on any atom is 0.358 e. The number of hydrogen-bond acceptors (Lipinski definition) is 15. The molecule has 1 aliphatic carbocycles. The number of hydrogen-bond donors (Lipinski definition) is 2. The maximum atomic E-state index is 13.8.